The fourth-order valence-corrected chi connectivity index (χ4v) is 0.703. The minimum Gasteiger partial charge on any atom is -0.805 e. The third-order valence-electron chi connectivity index (χ3n) is 1.19. The van der Waals surface area contributed by atoms with Gasteiger partial charge in [0.05, 0.1) is 24.8 Å². The zero-order valence-corrected chi connectivity index (χ0v) is 10.9. The first kappa shape index (κ1) is 12.6. The van der Waals surface area contributed by atoms with Gasteiger partial charge in [0.15, 0.2) is 0 Å². The Bertz CT molecular complexity index is 331. The molecule has 72 valence electrons. The summed E-state index contributed by atoms with van der Waals surface area (Å²) >= 11 is 0. The Kier molecular flexibility index (Phi) is 5.21. The van der Waals surface area contributed by atoms with E-state index in [1.807, 2.05) is 0 Å². The number of nitrogens with zero attached hydrogens (tertiary/aromatic N) is 6. The zero-order chi connectivity index (χ0) is 9.80. The molecule has 2 heterocycles. The van der Waals surface area contributed by atoms with Crippen molar-refractivity contribution in [2.45, 2.75) is 0 Å². The van der Waals surface area contributed by atoms with Gasteiger partial charge in [0, 0.05) is 0 Å². The summed E-state index contributed by atoms with van der Waals surface area (Å²) in [7, 11) is -1.79. The molecule has 0 atom stereocenters. The van der Waals surface area contributed by atoms with Gasteiger partial charge in [0.1, 0.15) is 0 Å². The van der Waals surface area contributed by atoms with Crippen molar-refractivity contribution in [3.8, 4) is 0 Å². The Morgan fingerprint density at radius 2 is 1.47 bits per heavy atom. The van der Waals surface area contributed by atoms with Crippen molar-refractivity contribution in [1.29, 1.82) is 0 Å². The monoisotopic (exact) mass is 234 g/mol. The van der Waals surface area contributed by atoms with Crippen LogP contribution in [0.1, 0.15) is 0 Å². The van der Waals surface area contributed by atoms with Crippen LogP contribution in [0.5, 0.6) is 0 Å². The standard InChI is InChI=1S/C4H4BN6O3.K/c12-5(13-10-3-1-6-8-10)14-11-4-2-7-9-11;/h1-4H;/q-1;+1. The summed E-state index contributed by atoms with van der Waals surface area (Å²) in [6.45, 7) is 0. The van der Waals surface area contributed by atoms with Gasteiger partial charge in [-0.05, 0) is 10.4 Å². The molecule has 2 aromatic rings. The van der Waals surface area contributed by atoms with Crippen LogP contribution >= 0.6 is 0 Å². The third-order valence-corrected chi connectivity index (χ3v) is 1.19. The van der Waals surface area contributed by atoms with Gasteiger partial charge in [-0.2, -0.15) is 0 Å². The van der Waals surface area contributed by atoms with Crippen LogP contribution in [-0.2, 0) is 0 Å². The Morgan fingerprint density at radius 1 is 1.00 bits per heavy atom. The maximum Gasteiger partial charge on any atom is 1.00 e. The zero-order valence-electron chi connectivity index (χ0n) is 7.79. The van der Waals surface area contributed by atoms with Crippen molar-refractivity contribution in [2.24, 2.45) is 0 Å². The predicted molar refractivity (Wildman–Crippen MR) is 39.0 cm³/mol. The van der Waals surface area contributed by atoms with E-state index in [1.54, 1.807) is 0 Å². The van der Waals surface area contributed by atoms with E-state index >= 15 is 0 Å². The summed E-state index contributed by atoms with van der Waals surface area (Å²) in [5.41, 5.74) is 0. The molecule has 0 saturated carbocycles. The molecule has 2 rings (SSSR count). The van der Waals surface area contributed by atoms with Gasteiger partial charge in [0.2, 0.25) is 0 Å². The molecule has 0 aromatic carbocycles. The van der Waals surface area contributed by atoms with Crippen molar-refractivity contribution >= 4 is 7.32 Å². The molecule has 9 nitrogen and oxygen atoms in total. The van der Waals surface area contributed by atoms with Crippen LogP contribution in [0, 0.1) is 0 Å². The van der Waals surface area contributed by atoms with Crippen LogP contribution in [0.4, 0.5) is 0 Å². The van der Waals surface area contributed by atoms with E-state index in [0.717, 1.165) is 9.69 Å². The van der Waals surface area contributed by atoms with E-state index in [-0.39, 0.29) is 51.4 Å². The molecule has 0 fully saturated rings. The quantitative estimate of drug-likeness (QED) is 0.485. The van der Waals surface area contributed by atoms with Crippen LogP contribution in [0.15, 0.2) is 24.8 Å². The van der Waals surface area contributed by atoms with Gasteiger partial charge in [-0.1, -0.05) is 0 Å². The molecule has 0 radical (unpaired) electrons. The predicted octanol–water partition coefficient (Wildman–Crippen LogP) is -6.22. The number of hydrogen-bond donors (Lipinski definition) is 0. The Morgan fingerprint density at radius 3 is 1.80 bits per heavy atom. The van der Waals surface area contributed by atoms with E-state index < -0.39 is 7.32 Å². The molecule has 0 aliphatic rings. The molecule has 0 saturated heterocycles. The minimum atomic E-state index is -1.79. The fraction of sp³-hybridized carbons (Fsp3) is 0. The summed E-state index contributed by atoms with van der Waals surface area (Å²) in [5.74, 6) is 0. The summed E-state index contributed by atoms with van der Waals surface area (Å²) < 4.78 is 9.21. The average Bonchev–Trinajstić information content (AvgIpc) is 2.76. The molecule has 15 heavy (non-hydrogen) atoms. The smallest absolute Gasteiger partial charge is 0.805 e. The van der Waals surface area contributed by atoms with Crippen molar-refractivity contribution in [3.05, 3.63) is 24.8 Å². The maximum atomic E-state index is 11.0. The minimum absolute atomic E-state index is 0. The molecule has 11 heteroatoms. The normalized spacial score (nSPS) is 9.13. The topological polar surface area (TPSA) is 103 Å². The largest absolute Gasteiger partial charge is 1.00 e. The summed E-state index contributed by atoms with van der Waals surface area (Å²) in [5, 5.41) is 24.7. The van der Waals surface area contributed by atoms with Gasteiger partial charge < -0.3 is 14.5 Å². The number of rotatable bonds is 4. The van der Waals surface area contributed by atoms with Crippen molar-refractivity contribution < 1.29 is 65.9 Å². The van der Waals surface area contributed by atoms with E-state index in [2.05, 4.69) is 30.1 Å². The van der Waals surface area contributed by atoms with Crippen LogP contribution in [-0.4, -0.2) is 37.6 Å². The van der Waals surface area contributed by atoms with E-state index in [9.17, 15) is 5.02 Å². The Labute approximate surface area is 127 Å². The van der Waals surface area contributed by atoms with Gasteiger partial charge in [-0.15, -0.1) is 19.9 Å². The molecule has 0 aliphatic carbocycles. The van der Waals surface area contributed by atoms with Gasteiger partial charge in [0.25, 0.3) is 0 Å². The first-order valence-electron chi connectivity index (χ1n) is 3.57. The van der Waals surface area contributed by atoms with E-state index in [1.165, 1.54) is 24.8 Å². The third kappa shape index (κ3) is 3.89. The summed E-state index contributed by atoms with van der Waals surface area (Å²) in [4.78, 5) is 1.77. The van der Waals surface area contributed by atoms with Crippen LogP contribution < -0.4 is 65.9 Å². The van der Waals surface area contributed by atoms with Gasteiger partial charge in [-0.25, -0.2) is 0 Å². The molecule has 2 aromatic heterocycles. The second-order valence-electron chi connectivity index (χ2n) is 2.11. The van der Waals surface area contributed by atoms with Gasteiger partial charge in [-0.3, -0.25) is 0 Å². The molecule has 0 N–H and O–H groups in total. The van der Waals surface area contributed by atoms with Crippen molar-refractivity contribution in [2.75, 3.05) is 0 Å². The second-order valence-corrected chi connectivity index (χ2v) is 2.11. The first-order chi connectivity index (χ1) is 6.84. The van der Waals surface area contributed by atoms with E-state index in [4.69, 9.17) is 0 Å². The molecular formula is C4H4BKN6O3. The summed E-state index contributed by atoms with van der Waals surface area (Å²) in [6, 6.07) is 0. The Balaban J connectivity index is 0.00000112. The first-order valence-corrected chi connectivity index (χ1v) is 3.57. The maximum absolute atomic E-state index is 11.0. The SMILES string of the molecule is [K+].[O-]B(On1ccnn1)On1ccnn1. The fourth-order valence-electron chi connectivity index (χ4n) is 0.703. The molecular weight excluding hydrogens is 230 g/mol. The molecule has 0 unspecified atom stereocenters. The molecule has 0 bridgehead atoms. The molecule has 0 aliphatic heterocycles. The average molecular weight is 234 g/mol. The van der Waals surface area contributed by atoms with Crippen LogP contribution in [0.2, 0.25) is 0 Å². The molecule has 0 amide bonds. The number of hydrogen-bond acceptors (Lipinski definition) is 7. The van der Waals surface area contributed by atoms with Crippen molar-refractivity contribution in [1.82, 2.24) is 30.3 Å². The van der Waals surface area contributed by atoms with Gasteiger partial charge >= 0.3 is 58.7 Å². The second kappa shape index (κ2) is 6.20. The molecule has 0 spiro atoms. The van der Waals surface area contributed by atoms with Crippen LogP contribution in [0.25, 0.3) is 0 Å². The number of aromatic nitrogens is 6. The van der Waals surface area contributed by atoms with Crippen LogP contribution in [0.3, 0.4) is 0 Å². The van der Waals surface area contributed by atoms with Crippen molar-refractivity contribution in [3.63, 3.8) is 0 Å². The Hall–Kier alpha value is -0.459. The van der Waals surface area contributed by atoms with E-state index in [0.29, 0.717) is 0 Å². The summed E-state index contributed by atoms with van der Waals surface area (Å²) in [6.07, 6.45) is 5.44.